The number of carboxylic acids is 1. The Bertz CT molecular complexity index is 307. The lowest BCUT2D eigenvalue weighted by molar-refractivity contribution is -0.145. The van der Waals surface area contributed by atoms with Crippen molar-refractivity contribution in [2.75, 3.05) is 12.8 Å². The van der Waals surface area contributed by atoms with Gasteiger partial charge in [0.05, 0.1) is 5.75 Å². The minimum atomic E-state index is -3.46. The predicted octanol–water partition coefficient (Wildman–Crippen LogP) is 0.521. The van der Waals surface area contributed by atoms with Crippen LogP contribution in [0.5, 0.6) is 0 Å². The molecule has 0 rings (SSSR count). The summed E-state index contributed by atoms with van der Waals surface area (Å²) in [6.45, 7) is 4.46. The van der Waals surface area contributed by atoms with E-state index in [-0.39, 0.29) is 5.75 Å². The highest BCUT2D eigenvalue weighted by Gasteiger charge is 2.38. The molecule has 14 heavy (non-hydrogen) atoms. The van der Waals surface area contributed by atoms with Crippen molar-refractivity contribution in [2.45, 2.75) is 32.7 Å². The number of sulfonamides is 1. The van der Waals surface area contributed by atoms with E-state index in [1.807, 2.05) is 0 Å². The summed E-state index contributed by atoms with van der Waals surface area (Å²) in [5.74, 6) is -1.18. The lowest BCUT2D eigenvalue weighted by Gasteiger charge is -2.30. The smallest absolute Gasteiger partial charge is 0.324 e. The topological polar surface area (TPSA) is 74.7 Å². The van der Waals surface area contributed by atoms with Crippen molar-refractivity contribution in [3.63, 3.8) is 0 Å². The van der Waals surface area contributed by atoms with Gasteiger partial charge in [-0.25, -0.2) is 8.42 Å². The minimum Gasteiger partial charge on any atom is -0.480 e. The lowest BCUT2D eigenvalue weighted by atomic mass is 10.1. The van der Waals surface area contributed by atoms with Gasteiger partial charge in [-0.1, -0.05) is 6.92 Å². The molecule has 0 aliphatic carbocycles. The maximum absolute atomic E-state index is 11.5. The first-order valence-corrected chi connectivity index (χ1v) is 5.97. The van der Waals surface area contributed by atoms with E-state index in [2.05, 4.69) is 0 Å². The van der Waals surface area contributed by atoms with Crippen LogP contribution in [0.25, 0.3) is 0 Å². The van der Waals surface area contributed by atoms with Crippen molar-refractivity contribution >= 4 is 16.0 Å². The molecule has 5 nitrogen and oxygen atoms in total. The summed E-state index contributed by atoms with van der Waals surface area (Å²) < 4.78 is 24.0. The van der Waals surface area contributed by atoms with E-state index in [1.165, 1.54) is 20.9 Å². The summed E-state index contributed by atoms with van der Waals surface area (Å²) >= 11 is 0. The Kier molecular flexibility index (Phi) is 4.08. The van der Waals surface area contributed by atoms with Crippen molar-refractivity contribution in [1.29, 1.82) is 0 Å². The Morgan fingerprint density at radius 1 is 1.43 bits per heavy atom. The van der Waals surface area contributed by atoms with Gasteiger partial charge >= 0.3 is 5.97 Å². The molecular weight excluding hydrogens is 206 g/mol. The summed E-state index contributed by atoms with van der Waals surface area (Å²) in [4.78, 5) is 10.8. The van der Waals surface area contributed by atoms with E-state index in [4.69, 9.17) is 5.11 Å². The molecule has 0 atom stereocenters. The van der Waals surface area contributed by atoms with Gasteiger partial charge in [0.2, 0.25) is 10.0 Å². The Morgan fingerprint density at radius 3 is 2.14 bits per heavy atom. The number of carbonyl (C=O) groups is 1. The largest absolute Gasteiger partial charge is 0.480 e. The third kappa shape index (κ3) is 2.68. The predicted molar refractivity (Wildman–Crippen MR) is 53.6 cm³/mol. The SMILES string of the molecule is CCCS(=O)(=O)N(C)C(C)(C)C(=O)O. The van der Waals surface area contributed by atoms with Gasteiger partial charge in [0.1, 0.15) is 5.54 Å². The van der Waals surface area contributed by atoms with Gasteiger partial charge < -0.3 is 5.11 Å². The van der Waals surface area contributed by atoms with Crippen molar-refractivity contribution < 1.29 is 18.3 Å². The number of hydrogen-bond donors (Lipinski definition) is 1. The Morgan fingerprint density at radius 2 is 1.86 bits per heavy atom. The van der Waals surface area contributed by atoms with E-state index in [0.717, 1.165) is 4.31 Å². The number of rotatable bonds is 5. The number of nitrogens with zero attached hydrogens (tertiary/aromatic N) is 1. The third-order valence-electron chi connectivity index (χ3n) is 2.19. The van der Waals surface area contributed by atoms with Gasteiger partial charge in [0.25, 0.3) is 0 Å². The van der Waals surface area contributed by atoms with Crippen LogP contribution in [0.2, 0.25) is 0 Å². The van der Waals surface area contributed by atoms with Crippen LogP contribution in [-0.4, -0.2) is 42.1 Å². The molecule has 6 heteroatoms. The van der Waals surface area contributed by atoms with E-state index in [0.29, 0.717) is 6.42 Å². The van der Waals surface area contributed by atoms with Gasteiger partial charge in [0.15, 0.2) is 0 Å². The summed E-state index contributed by atoms with van der Waals surface area (Å²) in [5, 5.41) is 8.84. The second-order valence-corrected chi connectivity index (χ2v) is 5.77. The van der Waals surface area contributed by atoms with Crippen LogP contribution in [0.15, 0.2) is 0 Å². The van der Waals surface area contributed by atoms with Gasteiger partial charge in [-0.05, 0) is 20.3 Å². The first-order valence-electron chi connectivity index (χ1n) is 4.36. The molecule has 0 amide bonds. The van der Waals surface area contributed by atoms with Gasteiger partial charge in [-0.15, -0.1) is 0 Å². The maximum Gasteiger partial charge on any atom is 0.324 e. The summed E-state index contributed by atoms with van der Waals surface area (Å²) in [7, 11) is -2.17. The minimum absolute atomic E-state index is 0.0276. The van der Waals surface area contributed by atoms with Crippen molar-refractivity contribution in [1.82, 2.24) is 4.31 Å². The van der Waals surface area contributed by atoms with E-state index >= 15 is 0 Å². The zero-order chi connectivity index (χ0) is 11.6. The molecule has 0 aromatic rings. The molecule has 1 N–H and O–H groups in total. The fraction of sp³-hybridized carbons (Fsp3) is 0.875. The summed E-state index contributed by atoms with van der Waals surface area (Å²) in [5.41, 5.74) is -1.39. The average Bonchev–Trinajstić information content (AvgIpc) is 2.02. The average molecular weight is 223 g/mol. The summed E-state index contributed by atoms with van der Waals surface area (Å²) in [6.07, 6.45) is 0.475. The molecule has 0 unspecified atom stereocenters. The van der Waals surface area contributed by atoms with E-state index in [9.17, 15) is 13.2 Å². The Hall–Kier alpha value is -0.620. The number of likely N-dealkylation sites (N-methyl/N-ethyl adjacent to an activating group) is 1. The normalized spacial score (nSPS) is 13.2. The zero-order valence-corrected chi connectivity index (χ0v) is 9.76. The van der Waals surface area contributed by atoms with Gasteiger partial charge in [-0.3, -0.25) is 4.79 Å². The molecular formula is C8H17NO4S. The van der Waals surface area contributed by atoms with Crippen molar-refractivity contribution in [3.05, 3.63) is 0 Å². The number of hydrogen-bond acceptors (Lipinski definition) is 3. The second kappa shape index (κ2) is 4.27. The lowest BCUT2D eigenvalue weighted by Crippen LogP contribution is -2.51. The molecule has 0 fully saturated rings. The van der Waals surface area contributed by atoms with Crippen LogP contribution in [0.1, 0.15) is 27.2 Å². The first-order chi connectivity index (χ1) is 6.16. The molecule has 0 bridgehead atoms. The van der Waals surface area contributed by atoms with Crippen LogP contribution in [0.4, 0.5) is 0 Å². The highest BCUT2D eigenvalue weighted by molar-refractivity contribution is 7.89. The first kappa shape index (κ1) is 13.4. The Balaban J connectivity index is 4.96. The number of carboxylic acid groups (broad SMARTS) is 1. The summed E-state index contributed by atoms with van der Waals surface area (Å²) in [6, 6.07) is 0. The zero-order valence-electron chi connectivity index (χ0n) is 8.94. The van der Waals surface area contributed by atoms with Crippen LogP contribution in [0.3, 0.4) is 0 Å². The second-order valence-electron chi connectivity index (χ2n) is 3.65. The Labute approximate surface area is 84.8 Å². The molecule has 0 spiro atoms. The molecule has 0 radical (unpaired) electrons. The fourth-order valence-corrected chi connectivity index (χ4v) is 2.44. The molecule has 0 aliphatic rings. The van der Waals surface area contributed by atoms with Crippen LogP contribution in [-0.2, 0) is 14.8 Å². The quantitative estimate of drug-likeness (QED) is 0.737. The monoisotopic (exact) mass is 223 g/mol. The molecule has 0 saturated carbocycles. The molecule has 0 heterocycles. The highest BCUT2D eigenvalue weighted by atomic mass is 32.2. The van der Waals surface area contributed by atoms with Crippen LogP contribution >= 0.6 is 0 Å². The van der Waals surface area contributed by atoms with E-state index in [1.54, 1.807) is 6.92 Å². The molecule has 0 aromatic carbocycles. The molecule has 0 aliphatic heterocycles. The van der Waals surface area contributed by atoms with Gasteiger partial charge in [0, 0.05) is 7.05 Å². The van der Waals surface area contributed by atoms with E-state index < -0.39 is 21.5 Å². The van der Waals surface area contributed by atoms with Crippen LogP contribution in [0, 0.1) is 0 Å². The molecule has 0 saturated heterocycles. The highest BCUT2D eigenvalue weighted by Crippen LogP contribution is 2.17. The fourth-order valence-electron chi connectivity index (χ4n) is 0.877. The third-order valence-corrected chi connectivity index (χ3v) is 4.41. The maximum atomic E-state index is 11.5. The standard InChI is InChI=1S/C8H17NO4S/c1-5-6-14(12,13)9(4)8(2,3)7(10)11/h5-6H2,1-4H3,(H,10,11). The van der Waals surface area contributed by atoms with Crippen molar-refractivity contribution in [3.8, 4) is 0 Å². The number of aliphatic carboxylic acids is 1. The van der Waals surface area contributed by atoms with Crippen LogP contribution < -0.4 is 0 Å². The molecule has 0 aromatic heterocycles. The van der Waals surface area contributed by atoms with Crippen molar-refractivity contribution in [2.24, 2.45) is 0 Å². The van der Waals surface area contributed by atoms with Gasteiger partial charge in [-0.2, -0.15) is 4.31 Å². The molecule has 84 valence electrons.